The number of ether oxygens (including phenoxy) is 1. The second-order valence-electron chi connectivity index (χ2n) is 5.73. The third-order valence-corrected chi connectivity index (χ3v) is 4.77. The van der Waals surface area contributed by atoms with Crippen LogP contribution in [0.4, 0.5) is 0 Å². The fourth-order valence-electron chi connectivity index (χ4n) is 3.02. The zero-order valence-corrected chi connectivity index (χ0v) is 13.3. The summed E-state index contributed by atoms with van der Waals surface area (Å²) in [6, 6.07) is 8.45. The van der Waals surface area contributed by atoms with Gasteiger partial charge >= 0.3 is 0 Å². The summed E-state index contributed by atoms with van der Waals surface area (Å²) in [4.78, 5) is 2.30. The molecule has 20 heavy (non-hydrogen) atoms. The van der Waals surface area contributed by atoms with Crippen LogP contribution in [0.3, 0.4) is 0 Å². The van der Waals surface area contributed by atoms with Crippen molar-refractivity contribution in [3.63, 3.8) is 0 Å². The first-order valence-corrected chi connectivity index (χ1v) is 7.74. The highest BCUT2D eigenvalue weighted by atomic mass is 35.5. The maximum absolute atomic E-state index is 6.30. The minimum atomic E-state index is 0.219. The van der Waals surface area contributed by atoms with Gasteiger partial charge in [-0.25, -0.2) is 0 Å². The normalized spacial score (nSPS) is 25.9. The Morgan fingerprint density at radius 1 is 1.40 bits per heavy atom. The number of likely N-dealkylation sites (N-methyl/N-ethyl adjacent to an activating group) is 1. The number of nitrogens with zero attached hydrogens (tertiary/aromatic N) is 1. The average Bonchev–Trinajstić information content (AvgIpc) is 2.85. The molecule has 0 spiro atoms. The molecule has 0 aliphatic carbocycles. The molecule has 4 unspecified atom stereocenters. The monoisotopic (exact) mass is 296 g/mol. The van der Waals surface area contributed by atoms with E-state index >= 15 is 0 Å². The van der Waals surface area contributed by atoms with Gasteiger partial charge in [0.05, 0.1) is 12.2 Å². The van der Waals surface area contributed by atoms with Crippen molar-refractivity contribution in [3.05, 3.63) is 34.9 Å². The smallest absolute Gasteiger partial charge is 0.0747 e. The lowest BCUT2D eigenvalue weighted by molar-refractivity contribution is -0.00693. The maximum atomic E-state index is 6.30. The van der Waals surface area contributed by atoms with Gasteiger partial charge in [0.2, 0.25) is 0 Å². The number of hydrogen-bond acceptors (Lipinski definition) is 3. The number of nitrogens with two attached hydrogens (primary N) is 1. The van der Waals surface area contributed by atoms with E-state index in [0.29, 0.717) is 12.6 Å². The van der Waals surface area contributed by atoms with Gasteiger partial charge in [-0.2, -0.15) is 0 Å². The van der Waals surface area contributed by atoms with Gasteiger partial charge in [-0.15, -0.1) is 0 Å². The molecule has 112 valence electrons. The minimum absolute atomic E-state index is 0.219. The Morgan fingerprint density at radius 3 is 2.65 bits per heavy atom. The Hall–Kier alpha value is -0.610. The molecular weight excluding hydrogens is 272 g/mol. The number of benzene rings is 1. The molecule has 3 nitrogen and oxygen atoms in total. The first-order valence-electron chi connectivity index (χ1n) is 7.36. The van der Waals surface area contributed by atoms with Gasteiger partial charge in [0, 0.05) is 23.7 Å². The topological polar surface area (TPSA) is 38.5 Å². The molecule has 1 aliphatic rings. The molecule has 1 aromatic rings. The summed E-state index contributed by atoms with van der Waals surface area (Å²) in [7, 11) is 2.11. The maximum Gasteiger partial charge on any atom is 0.0747 e. The van der Waals surface area contributed by atoms with Crippen molar-refractivity contribution in [1.29, 1.82) is 0 Å². The van der Waals surface area contributed by atoms with Crippen LogP contribution in [0.15, 0.2) is 24.3 Å². The molecule has 2 N–H and O–H groups in total. The molecule has 1 saturated heterocycles. The molecule has 0 aromatic heterocycles. The molecule has 1 aromatic carbocycles. The van der Waals surface area contributed by atoms with Crippen LogP contribution in [0.2, 0.25) is 5.02 Å². The average molecular weight is 297 g/mol. The highest BCUT2D eigenvalue weighted by molar-refractivity contribution is 6.31. The third kappa shape index (κ3) is 3.34. The lowest BCUT2D eigenvalue weighted by Crippen LogP contribution is -2.47. The predicted molar refractivity (Wildman–Crippen MR) is 84.0 cm³/mol. The molecule has 0 saturated carbocycles. The van der Waals surface area contributed by atoms with Crippen molar-refractivity contribution < 1.29 is 4.74 Å². The molecule has 4 atom stereocenters. The van der Waals surface area contributed by atoms with Crippen molar-refractivity contribution in [3.8, 4) is 0 Å². The molecule has 1 aliphatic heterocycles. The summed E-state index contributed by atoms with van der Waals surface area (Å²) in [6.07, 6.45) is 2.78. The molecule has 1 heterocycles. The number of halogens is 1. The number of rotatable bonds is 5. The SMILES string of the molecule is CC1CCC(C(CN)N(C)C(C)c2ccccc2Cl)O1. The second-order valence-corrected chi connectivity index (χ2v) is 6.14. The van der Waals surface area contributed by atoms with Gasteiger partial charge in [-0.1, -0.05) is 29.8 Å². The summed E-state index contributed by atoms with van der Waals surface area (Å²) in [5, 5.41) is 0.809. The quantitative estimate of drug-likeness (QED) is 0.906. The van der Waals surface area contributed by atoms with Crippen LogP contribution >= 0.6 is 11.6 Å². The Kier molecular flexibility index (Phi) is 5.44. The largest absolute Gasteiger partial charge is 0.374 e. The van der Waals surface area contributed by atoms with E-state index in [1.165, 1.54) is 0 Å². The van der Waals surface area contributed by atoms with Crippen molar-refractivity contribution in [2.75, 3.05) is 13.6 Å². The molecule has 0 amide bonds. The second kappa shape index (κ2) is 6.90. The Labute approximate surface area is 127 Å². The Morgan fingerprint density at radius 2 is 2.10 bits per heavy atom. The third-order valence-electron chi connectivity index (χ3n) is 4.42. The summed E-state index contributed by atoms with van der Waals surface area (Å²) in [5.41, 5.74) is 7.14. The zero-order valence-electron chi connectivity index (χ0n) is 12.6. The summed E-state index contributed by atoms with van der Waals surface area (Å²) >= 11 is 6.30. The van der Waals surface area contributed by atoms with Crippen LogP contribution in [-0.2, 0) is 4.74 Å². The van der Waals surface area contributed by atoms with E-state index in [-0.39, 0.29) is 18.2 Å². The molecule has 2 rings (SSSR count). The lowest BCUT2D eigenvalue weighted by atomic mass is 10.0. The van der Waals surface area contributed by atoms with E-state index in [1.54, 1.807) is 0 Å². The first kappa shape index (κ1) is 15.8. The lowest BCUT2D eigenvalue weighted by Gasteiger charge is -2.36. The van der Waals surface area contributed by atoms with Gasteiger partial charge in [-0.3, -0.25) is 4.90 Å². The van der Waals surface area contributed by atoms with Gasteiger partial charge in [0.15, 0.2) is 0 Å². The summed E-state index contributed by atoms with van der Waals surface area (Å²) in [6.45, 7) is 4.90. The molecule has 0 bridgehead atoms. The number of hydrogen-bond donors (Lipinski definition) is 1. The van der Waals surface area contributed by atoms with Gasteiger partial charge < -0.3 is 10.5 Å². The van der Waals surface area contributed by atoms with Crippen molar-refractivity contribution in [1.82, 2.24) is 4.90 Å². The van der Waals surface area contributed by atoms with Crippen molar-refractivity contribution in [2.24, 2.45) is 5.73 Å². The minimum Gasteiger partial charge on any atom is -0.374 e. The van der Waals surface area contributed by atoms with Gasteiger partial charge in [0.1, 0.15) is 0 Å². The van der Waals surface area contributed by atoms with Crippen LogP contribution in [0, 0.1) is 0 Å². The van der Waals surface area contributed by atoms with E-state index in [9.17, 15) is 0 Å². The zero-order chi connectivity index (χ0) is 14.7. The fraction of sp³-hybridized carbons (Fsp3) is 0.625. The standard InChI is InChI=1S/C16H25ClN2O/c1-11-8-9-16(20-11)15(10-18)19(3)12(2)13-6-4-5-7-14(13)17/h4-7,11-12,15-16H,8-10,18H2,1-3H3. The Balaban J connectivity index is 2.12. The van der Waals surface area contributed by atoms with Crippen molar-refractivity contribution in [2.45, 2.75) is 51.0 Å². The van der Waals surface area contributed by atoms with Gasteiger partial charge in [0.25, 0.3) is 0 Å². The van der Waals surface area contributed by atoms with Crippen LogP contribution in [-0.4, -0.2) is 36.7 Å². The van der Waals surface area contributed by atoms with E-state index in [0.717, 1.165) is 23.4 Å². The van der Waals surface area contributed by atoms with E-state index in [2.05, 4.69) is 31.9 Å². The Bertz CT molecular complexity index is 440. The van der Waals surface area contributed by atoms with E-state index in [4.69, 9.17) is 22.1 Å². The highest BCUT2D eigenvalue weighted by Gasteiger charge is 2.33. The van der Waals surface area contributed by atoms with Crippen LogP contribution in [0.1, 0.15) is 38.3 Å². The van der Waals surface area contributed by atoms with Crippen LogP contribution < -0.4 is 5.73 Å². The fourth-order valence-corrected chi connectivity index (χ4v) is 3.31. The first-order chi connectivity index (χ1) is 9.54. The van der Waals surface area contributed by atoms with Crippen LogP contribution in [0.5, 0.6) is 0 Å². The predicted octanol–water partition coefficient (Wildman–Crippen LogP) is 3.23. The van der Waals surface area contributed by atoms with Crippen LogP contribution in [0.25, 0.3) is 0 Å². The summed E-state index contributed by atoms with van der Waals surface area (Å²) < 4.78 is 6.00. The summed E-state index contributed by atoms with van der Waals surface area (Å²) in [5.74, 6) is 0. The van der Waals surface area contributed by atoms with Gasteiger partial charge in [-0.05, 0) is 45.4 Å². The molecule has 4 heteroatoms. The van der Waals surface area contributed by atoms with E-state index in [1.807, 2.05) is 18.2 Å². The molecular formula is C16H25ClN2O. The van der Waals surface area contributed by atoms with E-state index < -0.39 is 0 Å². The molecule has 1 fully saturated rings. The highest BCUT2D eigenvalue weighted by Crippen LogP contribution is 2.31. The molecule has 0 radical (unpaired) electrons. The van der Waals surface area contributed by atoms with Crippen molar-refractivity contribution >= 4 is 11.6 Å².